The van der Waals surface area contributed by atoms with Crippen molar-refractivity contribution in [2.45, 2.75) is 57.3 Å². The Morgan fingerprint density at radius 2 is 2.33 bits per heavy atom. The van der Waals surface area contributed by atoms with E-state index in [-0.39, 0.29) is 18.2 Å². The molecular formula is C14H24O4. The smallest absolute Gasteiger partial charge is 0.308 e. The summed E-state index contributed by atoms with van der Waals surface area (Å²) < 4.78 is 10.6. The maximum Gasteiger partial charge on any atom is 0.308 e. The number of carbonyl (C=O) groups is 1. The van der Waals surface area contributed by atoms with Gasteiger partial charge in [-0.15, -0.1) is 6.58 Å². The average Bonchev–Trinajstić information content (AvgIpc) is 2.33. The van der Waals surface area contributed by atoms with E-state index in [1.807, 2.05) is 0 Å². The molecule has 0 aliphatic carbocycles. The Balaban J connectivity index is 2.44. The third-order valence-electron chi connectivity index (χ3n) is 3.52. The lowest BCUT2D eigenvalue weighted by Crippen LogP contribution is -2.37. The number of aliphatic hydroxyl groups excluding tert-OH is 1. The van der Waals surface area contributed by atoms with E-state index in [9.17, 15) is 9.90 Å². The molecule has 4 atom stereocenters. The van der Waals surface area contributed by atoms with Crippen LogP contribution in [-0.4, -0.2) is 36.5 Å². The first-order chi connectivity index (χ1) is 8.56. The van der Waals surface area contributed by atoms with Crippen LogP contribution in [0, 0.1) is 5.92 Å². The number of rotatable bonds is 6. The molecule has 4 nitrogen and oxygen atoms in total. The van der Waals surface area contributed by atoms with Gasteiger partial charge in [0.15, 0.2) is 0 Å². The quantitative estimate of drug-likeness (QED) is 0.584. The van der Waals surface area contributed by atoms with Crippen molar-refractivity contribution in [3.05, 3.63) is 12.7 Å². The molecule has 0 amide bonds. The minimum Gasteiger partial charge on any atom is -0.469 e. The van der Waals surface area contributed by atoms with Crippen molar-refractivity contribution in [3.8, 4) is 0 Å². The molecule has 3 unspecified atom stereocenters. The van der Waals surface area contributed by atoms with Crippen LogP contribution in [0.1, 0.15) is 39.0 Å². The fourth-order valence-electron chi connectivity index (χ4n) is 2.35. The maximum atomic E-state index is 11.3. The number of carbonyl (C=O) groups excluding carboxylic acids is 1. The molecule has 0 aromatic carbocycles. The van der Waals surface area contributed by atoms with Gasteiger partial charge < -0.3 is 14.6 Å². The van der Waals surface area contributed by atoms with Crippen LogP contribution in [0.25, 0.3) is 0 Å². The molecule has 1 aliphatic heterocycles. The summed E-state index contributed by atoms with van der Waals surface area (Å²) in [6.45, 7) is 5.70. The zero-order valence-electron chi connectivity index (χ0n) is 11.3. The SMILES string of the molecule is C=CCC(O)CC1CC[C@@H](C)C(CC(=O)OC)O1. The van der Waals surface area contributed by atoms with E-state index in [0.29, 0.717) is 25.2 Å². The van der Waals surface area contributed by atoms with Crippen LogP contribution < -0.4 is 0 Å². The fourth-order valence-corrected chi connectivity index (χ4v) is 2.35. The first kappa shape index (κ1) is 15.2. The van der Waals surface area contributed by atoms with Gasteiger partial charge in [0.05, 0.1) is 31.8 Å². The number of aliphatic hydroxyl groups is 1. The molecule has 0 bridgehead atoms. The Bertz CT molecular complexity index is 277. The maximum absolute atomic E-state index is 11.3. The average molecular weight is 256 g/mol. The van der Waals surface area contributed by atoms with Gasteiger partial charge in [-0.1, -0.05) is 13.0 Å². The molecule has 0 spiro atoms. The van der Waals surface area contributed by atoms with Crippen molar-refractivity contribution >= 4 is 5.97 Å². The zero-order chi connectivity index (χ0) is 13.5. The molecule has 0 radical (unpaired) electrons. The Morgan fingerprint density at radius 1 is 1.61 bits per heavy atom. The Labute approximate surface area is 109 Å². The molecule has 18 heavy (non-hydrogen) atoms. The van der Waals surface area contributed by atoms with Gasteiger partial charge in [-0.2, -0.15) is 0 Å². The number of hydrogen-bond acceptors (Lipinski definition) is 4. The second kappa shape index (κ2) is 7.54. The molecule has 0 aromatic rings. The summed E-state index contributed by atoms with van der Waals surface area (Å²) in [7, 11) is 1.39. The predicted octanol–water partition coefficient (Wildman–Crippen LogP) is 2.06. The lowest BCUT2D eigenvalue weighted by atomic mass is 9.89. The summed E-state index contributed by atoms with van der Waals surface area (Å²) in [6, 6.07) is 0. The van der Waals surface area contributed by atoms with Gasteiger partial charge in [0.1, 0.15) is 0 Å². The van der Waals surface area contributed by atoms with E-state index in [0.717, 1.165) is 12.8 Å². The molecule has 1 heterocycles. The summed E-state index contributed by atoms with van der Waals surface area (Å²) >= 11 is 0. The van der Waals surface area contributed by atoms with E-state index in [4.69, 9.17) is 4.74 Å². The number of hydrogen-bond donors (Lipinski definition) is 1. The lowest BCUT2D eigenvalue weighted by molar-refractivity contribution is -0.150. The molecule has 1 fully saturated rings. The van der Waals surface area contributed by atoms with Crippen molar-refractivity contribution in [2.75, 3.05) is 7.11 Å². The van der Waals surface area contributed by atoms with Gasteiger partial charge in [-0.05, 0) is 31.6 Å². The van der Waals surface area contributed by atoms with E-state index in [2.05, 4.69) is 18.2 Å². The highest BCUT2D eigenvalue weighted by Gasteiger charge is 2.31. The molecular weight excluding hydrogens is 232 g/mol. The minimum absolute atomic E-state index is 0.0332. The van der Waals surface area contributed by atoms with Gasteiger partial charge in [0.25, 0.3) is 0 Å². The summed E-state index contributed by atoms with van der Waals surface area (Å²) in [4.78, 5) is 11.3. The first-order valence-corrected chi connectivity index (χ1v) is 6.58. The highest BCUT2D eigenvalue weighted by Crippen LogP contribution is 2.29. The van der Waals surface area contributed by atoms with Crippen LogP contribution in [0.5, 0.6) is 0 Å². The van der Waals surface area contributed by atoms with Crippen LogP contribution >= 0.6 is 0 Å². The Hall–Kier alpha value is -0.870. The van der Waals surface area contributed by atoms with Crippen molar-refractivity contribution in [1.82, 2.24) is 0 Å². The minimum atomic E-state index is -0.403. The fraction of sp³-hybridized carbons (Fsp3) is 0.786. The predicted molar refractivity (Wildman–Crippen MR) is 69.1 cm³/mol. The Kier molecular flexibility index (Phi) is 6.36. The molecule has 1 saturated heterocycles. The van der Waals surface area contributed by atoms with E-state index >= 15 is 0 Å². The number of ether oxygens (including phenoxy) is 2. The second-order valence-corrected chi connectivity index (χ2v) is 5.05. The monoisotopic (exact) mass is 256 g/mol. The van der Waals surface area contributed by atoms with Gasteiger partial charge in [0, 0.05) is 0 Å². The Morgan fingerprint density at radius 3 is 2.94 bits per heavy atom. The highest BCUT2D eigenvalue weighted by atomic mass is 16.5. The normalized spacial score (nSPS) is 29.6. The van der Waals surface area contributed by atoms with E-state index in [1.165, 1.54) is 7.11 Å². The molecule has 1 rings (SSSR count). The molecule has 1 N–H and O–H groups in total. The van der Waals surface area contributed by atoms with Crippen LogP contribution in [0.2, 0.25) is 0 Å². The number of esters is 1. The van der Waals surface area contributed by atoms with Crippen LogP contribution in [0.3, 0.4) is 0 Å². The highest BCUT2D eigenvalue weighted by molar-refractivity contribution is 5.69. The third kappa shape index (κ3) is 4.78. The van der Waals surface area contributed by atoms with E-state index < -0.39 is 6.10 Å². The van der Waals surface area contributed by atoms with Crippen molar-refractivity contribution in [1.29, 1.82) is 0 Å². The lowest BCUT2D eigenvalue weighted by Gasteiger charge is -2.35. The third-order valence-corrected chi connectivity index (χ3v) is 3.52. The van der Waals surface area contributed by atoms with Gasteiger partial charge in [-0.25, -0.2) is 0 Å². The van der Waals surface area contributed by atoms with Crippen molar-refractivity contribution in [3.63, 3.8) is 0 Å². The van der Waals surface area contributed by atoms with Gasteiger partial charge >= 0.3 is 5.97 Å². The molecule has 104 valence electrons. The van der Waals surface area contributed by atoms with Gasteiger partial charge in [0.2, 0.25) is 0 Å². The standard InChI is InChI=1S/C14H24O4/c1-4-5-11(15)8-12-7-6-10(2)13(18-12)9-14(16)17-3/h4,10-13,15H,1,5-9H2,2-3H3/t10-,11?,12?,13?/m1/s1. The molecule has 4 heteroatoms. The summed E-state index contributed by atoms with van der Waals surface area (Å²) in [6.07, 6.45) is 4.69. The van der Waals surface area contributed by atoms with Crippen molar-refractivity contribution in [2.24, 2.45) is 5.92 Å². The summed E-state index contributed by atoms with van der Waals surface area (Å²) in [5.41, 5.74) is 0. The van der Waals surface area contributed by atoms with Crippen LogP contribution in [0.4, 0.5) is 0 Å². The zero-order valence-corrected chi connectivity index (χ0v) is 11.3. The summed E-state index contributed by atoms with van der Waals surface area (Å²) in [5.74, 6) is 0.121. The summed E-state index contributed by atoms with van der Waals surface area (Å²) in [5, 5.41) is 9.74. The molecule has 0 aromatic heterocycles. The van der Waals surface area contributed by atoms with Crippen LogP contribution in [-0.2, 0) is 14.3 Å². The second-order valence-electron chi connectivity index (χ2n) is 5.05. The number of methoxy groups -OCH3 is 1. The molecule has 1 aliphatic rings. The van der Waals surface area contributed by atoms with E-state index in [1.54, 1.807) is 6.08 Å². The molecule has 0 saturated carbocycles. The largest absolute Gasteiger partial charge is 0.469 e. The van der Waals surface area contributed by atoms with Crippen molar-refractivity contribution < 1.29 is 19.4 Å². The first-order valence-electron chi connectivity index (χ1n) is 6.58. The van der Waals surface area contributed by atoms with Gasteiger partial charge in [-0.3, -0.25) is 4.79 Å². The topological polar surface area (TPSA) is 55.8 Å². The van der Waals surface area contributed by atoms with Crippen LogP contribution in [0.15, 0.2) is 12.7 Å².